The summed E-state index contributed by atoms with van der Waals surface area (Å²) in [6.45, 7) is 1.02. The predicted molar refractivity (Wildman–Crippen MR) is 127 cm³/mol. The number of anilines is 1. The zero-order valence-electron chi connectivity index (χ0n) is 18.9. The molecule has 1 aromatic carbocycles. The molecule has 10 nitrogen and oxygen atoms in total. The summed E-state index contributed by atoms with van der Waals surface area (Å²) < 4.78 is 5.71. The zero-order chi connectivity index (χ0) is 23.8. The molecule has 1 saturated heterocycles. The standard InChI is InChI=1S/C25H23N7O3/c33-21-6-5-17-14-32(8-7-20(17)29-21)23(34)11-22-30-31-24(35-22)18-12-26-25(27-13-18)28-19-9-15-3-1-2-4-16(15)10-19/h1-6,12-13,17,19H,7-11,14H2,(H,26,27,28). The molecule has 2 amide bonds. The molecule has 1 fully saturated rings. The minimum absolute atomic E-state index is 0.00804. The van der Waals surface area contributed by atoms with Crippen molar-refractivity contribution in [2.45, 2.75) is 31.7 Å². The van der Waals surface area contributed by atoms with Crippen LogP contribution in [0, 0.1) is 5.92 Å². The molecule has 10 heteroatoms. The number of amides is 2. The first kappa shape index (κ1) is 21.3. The van der Waals surface area contributed by atoms with E-state index in [1.54, 1.807) is 17.3 Å². The van der Waals surface area contributed by atoms with E-state index in [4.69, 9.17) is 4.42 Å². The lowest BCUT2D eigenvalue weighted by molar-refractivity contribution is -0.131. The first-order valence-corrected chi connectivity index (χ1v) is 11.7. The van der Waals surface area contributed by atoms with Crippen LogP contribution in [-0.2, 0) is 28.9 Å². The number of hydrogen-bond acceptors (Lipinski definition) is 8. The Kier molecular flexibility index (Phi) is 5.40. The normalized spacial score (nSPS) is 19.3. The Bertz CT molecular complexity index is 1320. The lowest BCUT2D eigenvalue weighted by Gasteiger charge is -2.33. The monoisotopic (exact) mass is 469 g/mol. The van der Waals surface area contributed by atoms with Crippen LogP contribution in [0.25, 0.3) is 11.5 Å². The molecule has 1 N–H and O–H groups in total. The predicted octanol–water partition coefficient (Wildman–Crippen LogP) is 2.03. The molecule has 1 atom stereocenters. The van der Waals surface area contributed by atoms with E-state index in [9.17, 15) is 9.59 Å². The van der Waals surface area contributed by atoms with Crippen LogP contribution in [0.2, 0.25) is 0 Å². The van der Waals surface area contributed by atoms with Gasteiger partial charge in [-0.3, -0.25) is 9.59 Å². The molecule has 35 heavy (non-hydrogen) atoms. The number of nitrogens with zero attached hydrogens (tertiary/aromatic N) is 6. The average Bonchev–Trinajstić information content (AvgIpc) is 3.50. The summed E-state index contributed by atoms with van der Waals surface area (Å²) in [6, 6.07) is 8.71. The number of likely N-dealkylation sites (tertiary alicyclic amines) is 1. The Balaban J connectivity index is 1.05. The van der Waals surface area contributed by atoms with Crippen molar-refractivity contribution in [3.05, 3.63) is 65.8 Å². The average molecular weight is 470 g/mol. The second-order valence-electron chi connectivity index (χ2n) is 8.99. The summed E-state index contributed by atoms with van der Waals surface area (Å²) in [7, 11) is 0. The third-order valence-electron chi connectivity index (χ3n) is 6.61. The van der Waals surface area contributed by atoms with Crippen molar-refractivity contribution in [3.8, 4) is 11.5 Å². The maximum Gasteiger partial charge on any atom is 0.269 e. The Morgan fingerprint density at radius 2 is 1.89 bits per heavy atom. The van der Waals surface area contributed by atoms with Gasteiger partial charge in [0.2, 0.25) is 17.7 Å². The largest absolute Gasteiger partial charge is 0.420 e. The van der Waals surface area contributed by atoms with E-state index in [1.807, 2.05) is 6.08 Å². The summed E-state index contributed by atoms with van der Waals surface area (Å²) in [6.07, 6.45) is 9.05. The van der Waals surface area contributed by atoms with E-state index in [2.05, 4.69) is 54.7 Å². The van der Waals surface area contributed by atoms with Crippen LogP contribution >= 0.6 is 0 Å². The maximum absolute atomic E-state index is 12.8. The number of nitrogens with one attached hydrogen (secondary N) is 1. The second-order valence-corrected chi connectivity index (χ2v) is 8.99. The molecule has 2 aromatic heterocycles. The Morgan fingerprint density at radius 3 is 2.66 bits per heavy atom. The van der Waals surface area contributed by atoms with Crippen LogP contribution in [0.1, 0.15) is 23.4 Å². The molecule has 3 aliphatic rings. The van der Waals surface area contributed by atoms with Crippen molar-refractivity contribution in [1.29, 1.82) is 0 Å². The number of carbonyl (C=O) groups excluding carboxylic acids is 2. The third-order valence-corrected chi connectivity index (χ3v) is 6.61. The van der Waals surface area contributed by atoms with Crippen LogP contribution in [0.15, 0.2) is 58.2 Å². The fourth-order valence-electron chi connectivity index (χ4n) is 4.82. The van der Waals surface area contributed by atoms with Crippen LogP contribution in [0.4, 0.5) is 5.95 Å². The van der Waals surface area contributed by atoms with Gasteiger partial charge in [0.15, 0.2) is 0 Å². The molecule has 4 heterocycles. The number of aliphatic imine (C=N–C) groups is 1. The van der Waals surface area contributed by atoms with Crippen LogP contribution in [0.5, 0.6) is 0 Å². The highest BCUT2D eigenvalue weighted by molar-refractivity contribution is 6.05. The smallest absolute Gasteiger partial charge is 0.269 e. The highest BCUT2D eigenvalue weighted by Crippen LogP contribution is 2.24. The summed E-state index contributed by atoms with van der Waals surface area (Å²) in [5.74, 6) is 0.725. The van der Waals surface area contributed by atoms with Gasteiger partial charge in [0.25, 0.3) is 11.8 Å². The van der Waals surface area contributed by atoms with Gasteiger partial charge in [-0.25, -0.2) is 15.0 Å². The van der Waals surface area contributed by atoms with Gasteiger partial charge in [-0.15, -0.1) is 10.2 Å². The maximum atomic E-state index is 12.8. The topological polar surface area (TPSA) is 126 Å². The molecule has 1 unspecified atom stereocenters. The molecule has 6 rings (SSSR count). The van der Waals surface area contributed by atoms with Crippen molar-refractivity contribution < 1.29 is 14.0 Å². The van der Waals surface area contributed by atoms with Crippen molar-refractivity contribution in [2.24, 2.45) is 10.9 Å². The number of carbonyl (C=O) groups is 2. The van der Waals surface area contributed by atoms with Gasteiger partial charge < -0.3 is 14.6 Å². The third kappa shape index (κ3) is 4.46. The molecule has 176 valence electrons. The van der Waals surface area contributed by atoms with Crippen molar-refractivity contribution in [1.82, 2.24) is 25.1 Å². The molecule has 1 aliphatic carbocycles. The van der Waals surface area contributed by atoms with Crippen LogP contribution in [0.3, 0.4) is 0 Å². The van der Waals surface area contributed by atoms with E-state index in [-0.39, 0.29) is 42.0 Å². The van der Waals surface area contributed by atoms with Gasteiger partial charge in [0, 0.05) is 55.7 Å². The van der Waals surface area contributed by atoms with Crippen LogP contribution in [-0.4, -0.2) is 61.7 Å². The highest BCUT2D eigenvalue weighted by Gasteiger charge is 2.30. The summed E-state index contributed by atoms with van der Waals surface area (Å²) in [5.41, 5.74) is 4.15. The van der Waals surface area contributed by atoms with Gasteiger partial charge in [-0.2, -0.15) is 0 Å². The minimum Gasteiger partial charge on any atom is -0.420 e. The van der Waals surface area contributed by atoms with E-state index in [1.165, 1.54) is 17.2 Å². The minimum atomic E-state index is -0.230. The molecule has 0 spiro atoms. The molecular weight excluding hydrogens is 446 g/mol. The van der Waals surface area contributed by atoms with Gasteiger partial charge in [0.05, 0.1) is 5.56 Å². The Labute approximate surface area is 201 Å². The van der Waals surface area contributed by atoms with Crippen molar-refractivity contribution in [3.63, 3.8) is 0 Å². The lowest BCUT2D eigenvalue weighted by atomic mass is 9.93. The van der Waals surface area contributed by atoms with E-state index >= 15 is 0 Å². The molecule has 0 bridgehead atoms. The number of hydrogen-bond donors (Lipinski definition) is 1. The van der Waals surface area contributed by atoms with E-state index in [0.717, 1.165) is 18.6 Å². The van der Waals surface area contributed by atoms with Gasteiger partial charge in [-0.05, 0) is 24.0 Å². The van der Waals surface area contributed by atoms with Gasteiger partial charge in [0.1, 0.15) is 6.42 Å². The fraction of sp³-hybridized carbons (Fsp3) is 0.320. The molecule has 0 saturated carbocycles. The van der Waals surface area contributed by atoms with E-state index in [0.29, 0.717) is 31.0 Å². The zero-order valence-corrected chi connectivity index (χ0v) is 18.9. The number of aromatic nitrogens is 4. The Hall–Kier alpha value is -4.21. The molecular formula is C25H23N7O3. The van der Waals surface area contributed by atoms with Crippen molar-refractivity contribution >= 4 is 23.5 Å². The molecule has 2 aliphatic heterocycles. The second kappa shape index (κ2) is 8.86. The molecule has 3 aromatic rings. The number of piperidine rings is 1. The van der Waals surface area contributed by atoms with E-state index < -0.39 is 0 Å². The summed E-state index contributed by atoms with van der Waals surface area (Å²) in [5, 5.41) is 11.5. The van der Waals surface area contributed by atoms with Crippen molar-refractivity contribution in [2.75, 3.05) is 18.4 Å². The first-order chi connectivity index (χ1) is 17.1. The quantitative estimate of drug-likeness (QED) is 0.602. The Morgan fingerprint density at radius 1 is 1.11 bits per heavy atom. The fourth-order valence-corrected chi connectivity index (χ4v) is 4.82. The lowest BCUT2D eigenvalue weighted by Crippen LogP contribution is -2.45. The van der Waals surface area contributed by atoms with Crippen LogP contribution < -0.4 is 5.32 Å². The first-order valence-electron chi connectivity index (χ1n) is 11.7. The SMILES string of the molecule is O=C1C=CC2CN(C(=O)Cc3nnc(-c4cnc(NC5Cc6ccccc6C5)nc4)o3)CCC2=N1. The number of benzene rings is 1. The summed E-state index contributed by atoms with van der Waals surface area (Å²) in [4.78, 5) is 38.8. The highest BCUT2D eigenvalue weighted by atomic mass is 16.4. The molecule has 0 radical (unpaired) electrons. The summed E-state index contributed by atoms with van der Waals surface area (Å²) >= 11 is 0. The van der Waals surface area contributed by atoms with Gasteiger partial charge in [-0.1, -0.05) is 30.3 Å². The van der Waals surface area contributed by atoms with Gasteiger partial charge >= 0.3 is 0 Å². The number of fused-ring (bicyclic) bond motifs is 2. The number of rotatable bonds is 5. The number of dihydropyridines is 1.